The highest BCUT2D eigenvalue weighted by Crippen LogP contribution is 2.22. The zero-order chi connectivity index (χ0) is 14.9. The molecule has 0 saturated heterocycles. The van der Waals surface area contributed by atoms with Gasteiger partial charge in [0.2, 0.25) is 0 Å². The van der Waals surface area contributed by atoms with Crippen LogP contribution < -0.4 is 10.5 Å². The summed E-state index contributed by atoms with van der Waals surface area (Å²) in [5, 5.41) is -0.0432. The number of pyridine rings is 1. The van der Waals surface area contributed by atoms with Gasteiger partial charge in [0.15, 0.2) is 0 Å². The Morgan fingerprint density at radius 3 is 2.30 bits per heavy atom. The van der Waals surface area contributed by atoms with E-state index in [4.69, 9.17) is 17.3 Å². The Morgan fingerprint density at radius 2 is 1.75 bits per heavy atom. The predicted molar refractivity (Wildman–Crippen MR) is 70.8 cm³/mol. The summed E-state index contributed by atoms with van der Waals surface area (Å²) in [6, 6.07) is 3.39. The van der Waals surface area contributed by atoms with E-state index in [0.717, 1.165) is 24.4 Å². The second-order valence-corrected chi connectivity index (χ2v) is 5.89. The Morgan fingerprint density at radius 1 is 1.15 bits per heavy atom. The average molecular weight is 320 g/mol. The van der Waals surface area contributed by atoms with E-state index in [1.807, 2.05) is 4.72 Å². The number of nitrogens with one attached hydrogen (secondary N) is 1. The van der Waals surface area contributed by atoms with Crippen LogP contribution in [0.3, 0.4) is 0 Å². The van der Waals surface area contributed by atoms with Gasteiger partial charge in [-0.1, -0.05) is 11.6 Å². The Kier molecular flexibility index (Phi) is 3.78. The van der Waals surface area contributed by atoms with E-state index < -0.39 is 21.7 Å². The second-order valence-electron chi connectivity index (χ2n) is 3.80. The minimum absolute atomic E-state index is 0.0255. The number of benzene rings is 1. The fourth-order valence-corrected chi connectivity index (χ4v) is 2.65. The Labute approximate surface area is 118 Å². The Balaban J connectivity index is 2.37. The highest BCUT2D eigenvalue weighted by atomic mass is 35.5. The minimum Gasteiger partial charge on any atom is -0.382 e. The summed E-state index contributed by atoms with van der Waals surface area (Å²) in [4.78, 5) is 3.32. The summed E-state index contributed by atoms with van der Waals surface area (Å²) in [5.74, 6) is -1.84. The maximum Gasteiger partial charge on any atom is 0.263 e. The van der Waals surface area contributed by atoms with E-state index in [1.165, 1.54) is 0 Å². The van der Waals surface area contributed by atoms with E-state index in [1.54, 1.807) is 0 Å². The number of hydrogen-bond acceptors (Lipinski definition) is 4. The number of anilines is 2. The Hall–Kier alpha value is -1.93. The van der Waals surface area contributed by atoms with Crippen molar-refractivity contribution < 1.29 is 17.2 Å². The number of hydrogen-bond donors (Lipinski definition) is 2. The van der Waals surface area contributed by atoms with Crippen LogP contribution in [0.2, 0.25) is 5.02 Å². The summed E-state index contributed by atoms with van der Waals surface area (Å²) in [6.45, 7) is 0. The van der Waals surface area contributed by atoms with Gasteiger partial charge < -0.3 is 5.73 Å². The average Bonchev–Trinajstić information content (AvgIpc) is 2.30. The third-order valence-electron chi connectivity index (χ3n) is 2.27. The summed E-state index contributed by atoms with van der Waals surface area (Å²) < 4.78 is 52.0. The van der Waals surface area contributed by atoms with Crippen molar-refractivity contribution in [3.05, 3.63) is 47.1 Å². The van der Waals surface area contributed by atoms with Gasteiger partial charge in [0, 0.05) is 12.3 Å². The molecule has 0 aliphatic heterocycles. The standard InChI is InChI=1S/C11H8ClF2N3O2S/c12-10-4-9(5-16-11(10)15)20(18,19)17-8-2-6(13)1-7(14)3-8/h1-5,17H,(H2,15,16). The molecule has 1 aromatic carbocycles. The first-order valence-corrected chi connectivity index (χ1v) is 7.04. The molecule has 2 aromatic rings. The van der Waals surface area contributed by atoms with Gasteiger partial charge in [0.1, 0.15) is 22.3 Å². The minimum atomic E-state index is -4.07. The van der Waals surface area contributed by atoms with Crippen molar-refractivity contribution in [2.45, 2.75) is 4.90 Å². The number of nitrogen functional groups attached to an aromatic ring is 1. The second kappa shape index (κ2) is 5.22. The van der Waals surface area contributed by atoms with Crippen LogP contribution in [-0.4, -0.2) is 13.4 Å². The molecular weight excluding hydrogens is 312 g/mol. The quantitative estimate of drug-likeness (QED) is 0.909. The van der Waals surface area contributed by atoms with Gasteiger partial charge in [-0.2, -0.15) is 0 Å². The molecule has 2 rings (SSSR count). The van der Waals surface area contributed by atoms with Crippen LogP contribution >= 0.6 is 11.6 Å². The number of sulfonamides is 1. The lowest BCUT2D eigenvalue weighted by atomic mass is 10.3. The third kappa shape index (κ3) is 3.14. The van der Waals surface area contributed by atoms with Crippen molar-refractivity contribution in [2.24, 2.45) is 0 Å². The third-order valence-corrected chi connectivity index (χ3v) is 3.92. The monoisotopic (exact) mass is 319 g/mol. The van der Waals surface area contributed by atoms with E-state index in [9.17, 15) is 17.2 Å². The van der Waals surface area contributed by atoms with Crippen LogP contribution in [0.1, 0.15) is 0 Å². The van der Waals surface area contributed by atoms with Crippen molar-refractivity contribution >= 4 is 33.1 Å². The van der Waals surface area contributed by atoms with E-state index in [2.05, 4.69) is 4.98 Å². The van der Waals surface area contributed by atoms with Gasteiger partial charge in [-0.15, -0.1) is 0 Å². The molecule has 5 nitrogen and oxygen atoms in total. The molecule has 1 aromatic heterocycles. The Bertz CT molecular complexity index is 748. The highest BCUT2D eigenvalue weighted by Gasteiger charge is 2.17. The molecule has 0 saturated carbocycles. The first kappa shape index (κ1) is 14.5. The van der Waals surface area contributed by atoms with Crippen molar-refractivity contribution in [1.29, 1.82) is 0 Å². The van der Waals surface area contributed by atoms with Gasteiger partial charge in [-0.25, -0.2) is 22.2 Å². The van der Waals surface area contributed by atoms with Crippen LogP contribution in [0.4, 0.5) is 20.3 Å². The fraction of sp³-hybridized carbons (Fsp3) is 0. The lowest BCUT2D eigenvalue weighted by Gasteiger charge is -2.09. The SMILES string of the molecule is Nc1ncc(S(=O)(=O)Nc2cc(F)cc(F)c2)cc1Cl. The highest BCUT2D eigenvalue weighted by molar-refractivity contribution is 7.92. The normalized spacial score (nSPS) is 11.3. The van der Waals surface area contributed by atoms with Gasteiger partial charge >= 0.3 is 0 Å². The molecule has 0 fully saturated rings. The molecule has 3 N–H and O–H groups in total. The molecule has 0 bridgehead atoms. The molecule has 0 unspecified atom stereocenters. The summed E-state index contributed by atoms with van der Waals surface area (Å²) >= 11 is 5.67. The molecule has 0 spiro atoms. The number of aromatic nitrogens is 1. The van der Waals surface area contributed by atoms with E-state index in [-0.39, 0.29) is 21.4 Å². The first-order valence-electron chi connectivity index (χ1n) is 5.18. The predicted octanol–water partition coefficient (Wildman–Crippen LogP) is 2.40. The molecule has 9 heteroatoms. The van der Waals surface area contributed by atoms with Gasteiger partial charge in [-0.3, -0.25) is 4.72 Å². The molecule has 0 amide bonds. The topological polar surface area (TPSA) is 85.1 Å². The molecule has 1 heterocycles. The van der Waals surface area contributed by atoms with Crippen molar-refractivity contribution in [1.82, 2.24) is 4.98 Å². The van der Waals surface area contributed by atoms with E-state index >= 15 is 0 Å². The first-order chi connectivity index (χ1) is 9.28. The number of nitrogens with zero attached hydrogens (tertiary/aromatic N) is 1. The van der Waals surface area contributed by atoms with Crippen LogP contribution in [0.15, 0.2) is 35.4 Å². The smallest absolute Gasteiger partial charge is 0.263 e. The van der Waals surface area contributed by atoms with Crippen molar-refractivity contribution in [3.8, 4) is 0 Å². The largest absolute Gasteiger partial charge is 0.382 e. The lowest BCUT2D eigenvalue weighted by molar-refractivity contribution is 0.584. The van der Waals surface area contributed by atoms with Crippen LogP contribution in [0, 0.1) is 11.6 Å². The summed E-state index contributed by atoms with van der Waals surface area (Å²) in [6.07, 6.45) is 0.985. The molecule has 20 heavy (non-hydrogen) atoms. The van der Waals surface area contributed by atoms with Crippen molar-refractivity contribution in [3.63, 3.8) is 0 Å². The maximum atomic E-state index is 13.0. The maximum absolute atomic E-state index is 13.0. The molecule has 0 aliphatic carbocycles. The molecular formula is C11H8ClF2N3O2S. The molecule has 0 aliphatic rings. The summed E-state index contributed by atoms with van der Waals surface area (Å²) in [5.41, 5.74) is 5.11. The number of nitrogens with two attached hydrogens (primary N) is 1. The van der Waals surface area contributed by atoms with Gasteiger partial charge in [0.25, 0.3) is 10.0 Å². The van der Waals surface area contributed by atoms with Gasteiger partial charge in [-0.05, 0) is 18.2 Å². The van der Waals surface area contributed by atoms with Crippen LogP contribution in [-0.2, 0) is 10.0 Å². The van der Waals surface area contributed by atoms with Gasteiger partial charge in [0.05, 0.1) is 10.7 Å². The zero-order valence-corrected chi connectivity index (χ0v) is 11.3. The van der Waals surface area contributed by atoms with E-state index in [0.29, 0.717) is 6.07 Å². The molecule has 106 valence electrons. The molecule has 0 atom stereocenters. The zero-order valence-electron chi connectivity index (χ0n) is 9.77. The number of rotatable bonds is 3. The fourth-order valence-electron chi connectivity index (χ4n) is 1.40. The number of halogens is 3. The lowest BCUT2D eigenvalue weighted by Crippen LogP contribution is -2.14. The van der Waals surface area contributed by atoms with Crippen LogP contribution in [0.5, 0.6) is 0 Å². The molecule has 0 radical (unpaired) electrons. The summed E-state index contributed by atoms with van der Waals surface area (Å²) in [7, 11) is -4.07. The van der Waals surface area contributed by atoms with Crippen LogP contribution in [0.25, 0.3) is 0 Å². The van der Waals surface area contributed by atoms with Crippen molar-refractivity contribution in [2.75, 3.05) is 10.5 Å².